The first-order chi connectivity index (χ1) is 9.78. The number of para-hydroxylation sites is 1. The number of hydrogen-bond donors (Lipinski definition) is 1. The van der Waals surface area contributed by atoms with E-state index >= 15 is 0 Å². The summed E-state index contributed by atoms with van der Waals surface area (Å²) in [4.78, 5) is 4.45. The molecule has 0 radical (unpaired) electrons. The van der Waals surface area contributed by atoms with E-state index in [1.807, 2.05) is 24.3 Å². The van der Waals surface area contributed by atoms with E-state index in [4.69, 9.17) is 14.6 Å². The third-order valence-corrected chi connectivity index (χ3v) is 2.92. The first-order valence-electron chi connectivity index (χ1n) is 6.42. The van der Waals surface area contributed by atoms with Crippen molar-refractivity contribution in [2.24, 2.45) is 0 Å². The van der Waals surface area contributed by atoms with E-state index in [1.165, 1.54) is 0 Å². The van der Waals surface area contributed by atoms with E-state index in [2.05, 4.69) is 10.1 Å². The maximum Gasteiger partial charge on any atom is 0.155 e. The molecule has 0 aliphatic heterocycles. The molecular weight excluding hydrogens is 258 g/mol. The van der Waals surface area contributed by atoms with Gasteiger partial charge in [0, 0.05) is 19.1 Å². The Morgan fingerprint density at radius 2 is 2.05 bits per heavy atom. The SMILES string of the molecule is COCc1nc(Cc2ccccc2OC)nn1CCO. The lowest BCUT2D eigenvalue weighted by Gasteiger charge is -2.05. The van der Waals surface area contributed by atoms with E-state index in [0.29, 0.717) is 31.2 Å². The van der Waals surface area contributed by atoms with E-state index < -0.39 is 0 Å². The molecule has 0 spiro atoms. The number of methoxy groups -OCH3 is 2. The monoisotopic (exact) mass is 277 g/mol. The van der Waals surface area contributed by atoms with Gasteiger partial charge in [0.1, 0.15) is 12.4 Å². The summed E-state index contributed by atoms with van der Waals surface area (Å²) in [5.74, 6) is 2.22. The van der Waals surface area contributed by atoms with Crippen LogP contribution in [0.4, 0.5) is 0 Å². The highest BCUT2D eigenvalue weighted by atomic mass is 16.5. The van der Waals surface area contributed by atoms with Crippen molar-refractivity contribution in [3.8, 4) is 5.75 Å². The van der Waals surface area contributed by atoms with Crippen molar-refractivity contribution in [1.29, 1.82) is 0 Å². The van der Waals surface area contributed by atoms with Gasteiger partial charge in [-0.15, -0.1) is 0 Å². The van der Waals surface area contributed by atoms with Gasteiger partial charge in [0.2, 0.25) is 0 Å². The van der Waals surface area contributed by atoms with Gasteiger partial charge in [-0.1, -0.05) is 18.2 Å². The Morgan fingerprint density at radius 1 is 1.25 bits per heavy atom. The largest absolute Gasteiger partial charge is 0.496 e. The number of rotatable bonds is 7. The number of aromatic nitrogens is 3. The molecule has 6 heteroatoms. The number of benzene rings is 1. The lowest BCUT2D eigenvalue weighted by Crippen LogP contribution is -2.09. The van der Waals surface area contributed by atoms with Crippen molar-refractivity contribution in [2.45, 2.75) is 19.6 Å². The molecule has 0 aliphatic rings. The van der Waals surface area contributed by atoms with Crippen molar-refractivity contribution in [3.05, 3.63) is 41.5 Å². The van der Waals surface area contributed by atoms with Gasteiger partial charge in [0.25, 0.3) is 0 Å². The van der Waals surface area contributed by atoms with Gasteiger partial charge in [-0.2, -0.15) is 5.10 Å². The first kappa shape index (κ1) is 14.5. The van der Waals surface area contributed by atoms with E-state index in [0.717, 1.165) is 11.3 Å². The zero-order valence-electron chi connectivity index (χ0n) is 11.7. The molecule has 6 nitrogen and oxygen atoms in total. The van der Waals surface area contributed by atoms with Crippen LogP contribution in [0.1, 0.15) is 17.2 Å². The molecule has 2 rings (SSSR count). The van der Waals surface area contributed by atoms with Gasteiger partial charge >= 0.3 is 0 Å². The van der Waals surface area contributed by atoms with Crippen LogP contribution in [0.25, 0.3) is 0 Å². The molecule has 1 aromatic heterocycles. The number of aliphatic hydroxyl groups is 1. The van der Waals surface area contributed by atoms with Crippen molar-refractivity contribution in [3.63, 3.8) is 0 Å². The second kappa shape index (κ2) is 7.02. The van der Waals surface area contributed by atoms with Crippen LogP contribution in [0.2, 0.25) is 0 Å². The Kier molecular flexibility index (Phi) is 5.09. The highest BCUT2D eigenvalue weighted by Crippen LogP contribution is 2.19. The summed E-state index contributed by atoms with van der Waals surface area (Å²) >= 11 is 0. The molecule has 0 atom stereocenters. The Morgan fingerprint density at radius 3 is 2.75 bits per heavy atom. The highest BCUT2D eigenvalue weighted by Gasteiger charge is 2.12. The van der Waals surface area contributed by atoms with Crippen LogP contribution < -0.4 is 4.74 Å². The van der Waals surface area contributed by atoms with E-state index in [9.17, 15) is 0 Å². The normalized spacial score (nSPS) is 10.8. The molecule has 2 aromatic rings. The molecule has 0 unspecified atom stereocenters. The summed E-state index contributed by atoms with van der Waals surface area (Å²) in [6, 6.07) is 7.78. The minimum Gasteiger partial charge on any atom is -0.496 e. The minimum absolute atomic E-state index is 0.0220. The standard InChI is InChI=1S/C14H19N3O3/c1-19-10-14-15-13(16-17(14)7-8-18)9-11-5-3-4-6-12(11)20-2/h3-6,18H,7-10H2,1-2H3. The average Bonchev–Trinajstić information content (AvgIpc) is 2.82. The molecule has 1 heterocycles. The van der Waals surface area contributed by atoms with Crippen LogP contribution in [0, 0.1) is 0 Å². The summed E-state index contributed by atoms with van der Waals surface area (Å²) in [7, 11) is 3.25. The second-order valence-electron chi connectivity index (χ2n) is 4.31. The van der Waals surface area contributed by atoms with Crippen LogP contribution in [0.15, 0.2) is 24.3 Å². The van der Waals surface area contributed by atoms with Crippen LogP contribution in [0.5, 0.6) is 5.75 Å². The van der Waals surface area contributed by atoms with Gasteiger partial charge < -0.3 is 14.6 Å². The van der Waals surface area contributed by atoms with Gasteiger partial charge in [-0.25, -0.2) is 9.67 Å². The molecule has 0 amide bonds. The summed E-state index contributed by atoms with van der Waals surface area (Å²) in [6.45, 7) is 0.810. The van der Waals surface area contributed by atoms with Crippen LogP contribution in [-0.4, -0.2) is 40.7 Å². The lowest BCUT2D eigenvalue weighted by molar-refractivity contribution is 0.169. The number of nitrogens with zero attached hydrogens (tertiary/aromatic N) is 3. The molecule has 0 fully saturated rings. The highest BCUT2D eigenvalue weighted by molar-refractivity contribution is 5.35. The Labute approximate surface area is 118 Å². The summed E-state index contributed by atoms with van der Waals surface area (Å²) in [5.41, 5.74) is 1.03. The first-order valence-corrected chi connectivity index (χ1v) is 6.42. The van der Waals surface area contributed by atoms with Crippen molar-refractivity contribution < 1.29 is 14.6 Å². The molecule has 0 saturated carbocycles. The fourth-order valence-electron chi connectivity index (χ4n) is 2.03. The Hall–Kier alpha value is -1.92. The smallest absolute Gasteiger partial charge is 0.155 e. The summed E-state index contributed by atoms with van der Waals surface area (Å²) < 4.78 is 12.1. The minimum atomic E-state index is 0.0220. The lowest BCUT2D eigenvalue weighted by atomic mass is 10.1. The molecule has 1 aromatic carbocycles. The molecule has 108 valence electrons. The molecule has 0 saturated heterocycles. The maximum absolute atomic E-state index is 9.04. The van der Waals surface area contributed by atoms with Gasteiger partial charge in [0.15, 0.2) is 11.6 Å². The van der Waals surface area contributed by atoms with Gasteiger partial charge in [0.05, 0.1) is 20.3 Å². The van der Waals surface area contributed by atoms with Crippen molar-refractivity contribution >= 4 is 0 Å². The summed E-state index contributed by atoms with van der Waals surface area (Å²) in [5, 5.41) is 13.4. The second-order valence-corrected chi connectivity index (χ2v) is 4.31. The fraction of sp³-hybridized carbons (Fsp3) is 0.429. The quantitative estimate of drug-likeness (QED) is 0.818. The van der Waals surface area contributed by atoms with Crippen molar-refractivity contribution in [2.75, 3.05) is 20.8 Å². The fourth-order valence-corrected chi connectivity index (χ4v) is 2.03. The maximum atomic E-state index is 9.04. The van der Waals surface area contributed by atoms with Gasteiger partial charge in [-0.3, -0.25) is 0 Å². The molecule has 0 bridgehead atoms. The number of aliphatic hydroxyl groups excluding tert-OH is 1. The third-order valence-electron chi connectivity index (χ3n) is 2.92. The third kappa shape index (κ3) is 3.34. The predicted molar refractivity (Wildman–Crippen MR) is 73.6 cm³/mol. The van der Waals surface area contributed by atoms with Crippen LogP contribution in [-0.2, 0) is 24.3 Å². The zero-order chi connectivity index (χ0) is 14.4. The van der Waals surface area contributed by atoms with Gasteiger partial charge in [-0.05, 0) is 6.07 Å². The number of hydrogen-bond acceptors (Lipinski definition) is 5. The van der Waals surface area contributed by atoms with E-state index in [1.54, 1.807) is 18.9 Å². The molecule has 20 heavy (non-hydrogen) atoms. The molecular formula is C14H19N3O3. The topological polar surface area (TPSA) is 69.4 Å². The Balaban J connectivity index is 2.22. The molecule has 0 aliphatic carbocycles. The number of ether oxygens (including phenoxy) is 2. The van der Waals surface area contributed by atoms with E-state index in [-0.39, 0.29) is 6.61 Å². The Bertz CT molecular complexity index is 531. The van der Waals surface area contributed by atoms with Crippen LogP contribution in [0.3, 0.4) is 0 Å². The zero-order valence-corrected chi connectivity index (χ0v) is 11.7. The predicted octanol–water partition coefficient (Wildman–Crippen LogP) is 1.02. The van der Waals surface area contributed by atoms with Crippen LogP contribution >= 0.6 is 0 Å². The average molecular weight is 277 g/mol. The molecule has 1 N–H and O–H groups in total. The summed E-state index contributed by atoms with van der Waals surface area (Å²) in [6.07, 6.45) is 0.582. The van der Waals surface area contributed by atoms with Crippen molar-refractivity contribution in [1.82, 2.24) is 14.8 Å².